The Labute approximate surface area is 222 Å². The highest BCUT2D eigenvalue weighted by molar-refractivity contribution is 7.15. The summed E-state index contributed by atoms with van der Waals surface area (Å²) in [6.45, 7) is 24.6. The highest BCUT2D eigenvalue weighted by Crippen LogP contribution is 2.35. The zero-order valence-electron chi connectivity index (χ0n) is 24.6. The van der Waals surface area contributed by atoms with Crippen LogP contribution in [0.1, 0.15) is 109 Å². The number of benzene rings is 2. The van der Waals surface area contributed by atoms with E-state index in [1.165, 1.54) is 56.8 Å². The van der Waals surface area contributed by atoms with E-state index >= 15 is 0 Å². The van der Waals surface area contributed by atoms with E-state index in [1.807, 2.05) is 25.2 Å². The molecule has 194 valence electrons. The molecule has 0 amide bonds. The van der Waals surface area contributed by atoms with Gasteiger partial charge in [-0.05, 0) is 78.3 Å². The molecule has 0 spiro atoms. The van der Waals surface area contributed by atoms with Crippen LogP contribution < -0.4 is 0 Å². The van der Waals surface area contributed by atoms with Crippen molar-refractivity contribution in [3.63, 3.8) is 0 Å². The molecule has 0 saturated heterocycles. The lowest BCUT2D eigenvalue weighted by molar-refractivity contribution is 0.332. The normalized spacial score (nSPS) is 11.9. The Balaban J connectivity index is 0.00000114. The maximum atomic E-state index is 2.47. The van der Waals surface area contributed by atoms with Crippen molar-refractivity contribution in [3.8, 4) is 10.4 Å². The van der Waals surface area contributed by atoms with E-state index in [9.17, 15) is 0 Å². The van der Waals surface area contributed by atoms with Crippen LogP contribution in [0.5, 0.6) is 0 Å². The van der Waals surface area contributed by atoms with Crippen LogP contribution in [0.3, 0.4) is 0 Å². The van der Waals surface area contributed by atoms with Gasteiger partial charge in [0.15, 0.2) is 0 Å². The largest absolute Gasteiger partial charge is 0.140 e. The molecule has 1 aromatic heterocycles. The van der Waals surface area contributed by atoms with Crippen molar-refractivity contribution >= 4 is 11.3 Å². The predicted molar refractivity (Wildman–Crippen MR) is 162 cm³/mol. The number of hydrogen-bond acceptors (Lipinski definition) is 1. The van der Waals surface area contributed by atoms with Crippen LogP contribution in [0, 0.1) is 25.7 Å². The molecule has 1 heteroatoms. The third-order valence-electron chi connectivity index (χ3n) is 6.23. The molecule has 0 bridgehead atoms. The van der Waals surface area contributed by atoms with E-state index < -0.39 is 0 Å². The van der Waals surface area contributed by atoms with Gasteiger partial charge in [0.1, 0.15) is 0 Å². The third kappa shape index (κ3) is 10.3. The molecule has 0 nitrogen and oxygen atoms in total. The summed E-state index contributed by atoms with van der Waals surface area (Å²) in [5.41, 5.74) is 7.19. The molecule has 1 unspecified atom stereocenters. The lowest BCUT2D eigenvalue weighted by Crippen LogP contribution is -2.21. The summed E-state index contributed by atoms with van der Waals surface area (Å²) < 4.78 is 0. The lowest BCUT2D eigenvalue weighted by Gasteiger charge is -2.30. The standard InChI is InChI=1S/C29H38S.C3H8.C2H6/c1-20(2)16-22(4)19-29(6,7)26-13-10-23(5)25(17-26)18-27-14-15-28(30-27)24-11-8-21(3)9-12-24;1-3-2;1-2/h8-15,17,20,22H,16,18-19H2,1-7H3;3H2,1-2H3;1-2H3. The number of rotatable bonds is 8. The fraction of sp³-hybridized carbons (Fsp3) is 0.529. The van der Waals surface area contributed by atoms with E-state index in [2.05, 4.69) is 117 Å². The highest BCUT2D eigenvalue weighted by Gasteiger charge is 2.24. The van der Waals surface area contributed by atoms with Gasteiger partial charge in [-0.15, -0.1) is 11.3 Å². The van der Waals surface area contributed by atoms with Crippen LogP contribution in [0.2, 0.25) is 0 Å². The molecule has 0 N–H and O–H groups in total. The second-order valence-corrected chi connectivity index (χ2v) is 12.1. The zero-order valence-corrected chi connectivity index (χ0v) is 25.4. The fourth-order valence-electron chi connectivity index (χ4n) is 4.69. The fourth-order valence-corrected chi connectivity index (χ4v) is 5.73. The van der Waals surface area contributed by atoms with Crippen molar-refractivity contribution in [2.24, 2.45) is 11.8 Å². The van der Waals surface area contributed by atoms with E-state index in [0.29, 0.717) is 0 Å². The van der Waals surface area contributed by atoms with Gasteiger partial charge in [-0.25, -0.2) is 0 Å². The zero-order chi connectivity index (χ0) is 26.6. The Hall–Kier alpha value is -1.86. The van der Waals surface area contributed by atoms with Crippen molar-refractivity contribution in [1.82, 2.24) is 0 Å². The van der Waals surface area contributed by atoms with Gasteiger partial charge in [-0.1, -0.05) is 117 Å². The molecular weight excluding hydrogens is 440 g/mol. The summed E-state index contributed by atoms with van der Waals surface area (Å²) in [6.07, 6.45) is 4.82. The van der Waals surface area contributed by atoms with Crippen molar-refractivity contribution in [2.75, 3.05) is 0 Å². The van der Waals surface area contributed by atoms with Crippen molar-refractivity contribution in [1.29, 1.82) is 0 Å². The molecule has 0 aliphatic carbocycles. The number of aryl methyl sites for hydroxylation is 2. The van der Waals surface area contributed by atoms with Gasteiger partial charge < -0.3 is 0 Å². The monoisotopic (exact) mass is 492 g/mol. The van der Waals surface area contributed by atoms with E-state index in [0.717, 1.165) is 18.3 Å². The van der Waals surface area contributed by atoms with Crippen LogP contribution >= 0.6 is 11.3 Å². The molecule has 3 aromatic rings. The Bertz CT molecular complexity index is 972. The Morgan fingerprint density at radius 2 is 1.43 bits per heavy atom. The topological polar surface area (TPSA) is 0 Å². The predicted octanol–water partition coefficient (Wildman–Crippen LogP) is 11.4. The molecule has 0 aliphatic rings. The third-order valence-corrected chi connectivity index (χ3v) is 7.36. The van der Waals surface area contributed by atoms with Gasteiger partial charge in [0.25, 0.3) is 0 Å². The second-order valence-electron chi connectivity index (χ2n) is 11.0. The smallest absolute Gasteiger partial charge is 0.0345 e. The molecule has 0 fully saturated rings. The van der Waals surface area contributed by atoms with Crippen LogP contribution in [0.15, 0.2) is 54.6 Å². The average molecular weight is 493 g/mol. The van der Waals surface area contributed by atoms with Crippen LogP contribution in [0.4, 0.5) is 0 Å². The highest BCUT2D eigenvalue weighted by atomic mass is 32.1. The minimum atomic E-state index is 0.208. The Morgan fingerprint density at radius 1 is 0.829 bits per heavy atom. The molecule has 0 saturated carbocycles. The molecule has 0 radical (unpaired) electrons. The minimum absolute atomic E-state index is 0.208. The maximum Gasteiger partial charge on any atom is 0.0345 e. The minimum Gasteiger partial charge on any atom is -0.140 e. The first-order valence-electron chi connectivity index (χ1n) is 13.8. The van der Waals surface area contributed by atoms with Crippen LogP contribution in [-0.2, 0) is 11.8 Å². The summed E-state index contributed by atoms with van der Waals surface area (Å²) >= 11 is 1.93. The maximum absolute atomic E-state index is 2.47. The molecule has 2 aromatic carbocycles. The second kappa shape index (κ2) is 15.3. The van der Waals surface area contributed by atoms with Gasteiger partial charge in [0.2, 0.25) is 0 Å². The molecule has 1 atom stereocenters. The van der Waals surface area contributed by atoms with Gasteiger partial charge in [0, 0.05) is 16.2 Å². The van der Waals surface area contributed by atoms with E-state index in [4.69, 9.17) is 0 Å². The Morgan fingerprint density at radius 3 is 2.00 bits per heavy atom. The first-order valence-corrected chi connectivity index (χ1v) is 14.6. The van der Waals surface area contributed by atoms with E-state index in [1.54, 1.807) is 0 Å². The summed E-state index contributed by atoms with van der Waals surface area (Å²) in [5, 5.41) is 0. The van der Waals surface area contributed by atoms with Crippen molar-refractivity contribution in [3.05, 3.63) is 81.7 Å². The SMILES string of the molecule is CC.CCC.Cc1ccc(-c2ccc(Cc3cc(C(C)(C)CC(C)CC(C)C)ccc3C)s2)cc1. The number of thiophene rings is 1. The summed E-state index contributed by atoms with van der Waals surface area (Å²) in [7, 11) is 0. The Kier molecular flexibility index (Phi) is 13.6. The van der Waals surface area contributed by atoms with E-state index in [-0.39, 0.29) is 5.41 Å². The first-order chi connectivity index (χ1) is 16.6. The van der Waals surface area contributed by atoms with Gasteiger partial charge in [-0.3, -0.25) is 0 Å². The van der Waals surface area contributed by atoms with Gasteiger partial charge >= 0.3 is 0 Å². The summed E-state index contributed by atoms with van der Waals surface area (Å²) in [5.74, 6) is 1.52. The van der Waals surface area contributed by atoms with Crippen LogP contribution in [-0.4, -0.2) is 0 Å². The van der Waals surface area contributed by atoms with Crippen molar-refractivity contribution in [2.45, 2.75) is 107 Å². The molecule has 0 aliphatic heterocycles. The average Bonchev–Trinajstić information content (AvgIpc) is 3.25. The van der Waals surface area contributed by atoms with Gasteiger partial charge in [0.05, 0.1) is 0 Å². The van der Waals surface area contributed by atoms with Gasteiger partial charge in [-0.2, -0.15) is 0 Å². The van der Waals surface area contributed by atoms with Crippen LogP contribution in [0.25, 0.3) is 10.4 Å². The van der Waals surface area contributed by atoms with Crippen molar-refractivity contribution < 1.29 is 0 Å². The quantitative estimate of drug-likeness (QED) is 0.293. The molecule has 3 rings (SSSR count). The molecular formula is C34H52S. The number of hydrogen-bond donors (Lipinski definition) is 0. The lowest BCUT2D eigenvalue weighted by atomic mass is 9.75. The molecule has 1 heterocycles. The first kappa shape index (κ1) is 31.2. The molecule has 35 heavy (non-hydrogen) atoms. The summed E-state index contributed by atoms with van der Waals surface area (Å²) in [4.78, 5) is 2.80. The summed E-state index contributed by atoms with van der Waals surface area (Å²) in [6, 6.07) is 20.6.